The number of amides is 1. The highest BCUT2D eigenvalue weighted by Gasteiger charge is 2.32. The lowest BCUT2D eigenvalue weighted by Crippen LogP contribution is -2.60. The van der Waals surface area contributed by atoms with E-state index in [1.807, 2.05) is 11.8 Å². The van der Waals surface area contributed by atoms with Gasteiger partial charge in [0.1, 0.15) is 6.10 Å². The van der Waals surface area contributed by atoms with Gasteiger partial charge in [-0.3, -0.25) is 4.79 Å². The normalized spacial score (nSPS) is 27.1. The van der Waals surface area contributed by atoms with E-state index in [1.165, 1.54) is 0 Å². The quantitative estimate of drug-likeness (QED) is 0.735. The van der Waals surface area contributed by atoms with Gasteiger partial charge in [-0.2, -0.15) is 0 Å². The summed E-state index contributed by atoms with van der Waals surface area (Å²) in [5, 5.41) is 3.20. The number of likely N-dealkylation sites (N-methyl/N-ethyl adjacent to an activating group) is 1. The molecule has 86 valence electrons. The molecule has 2 fully saturated rings. The Labute approximate surface area is 91.0 Å². The van der Waals surface area contributed by atoms with Crippen molar-refractivity contribution in [2.45, 2.75) is 38.3 Å². The van der Waals surface area contributed by atoms with Gasteiger partial charge in [0.25, 0.3) is 5.91 Å². The summed E-state index contributed by atoms with van der Waals surface area (Å²) in [6.45, 7) is 5.46. The summed E-state index contributed by atoms with van der Waals surface area (Å²) in [5.74, 6) is 0.198. The van der Waals surface area contributed by atoms with Crippen LogP contribution in [0.1, 0.15) is 26.2 Å². The summed E-state index contributed by atoms with van der Waals surface area (Å²) in [6.07, 6.45) is 2.95. The first kappa shape index (κ1) is 10.9. The molecule has 2 aliphatic rings. The summed E-state index contributed by atoms with van der Waals surface area (Å²) in [6, 6.07) is 0.396. The first-order valence-electron chi connectivity index (χ1n) is 5.95. The highest BCUT2D eigenvalue weighted by Crippen LogP contribution is 2.17. The van der Waals surface area contributed by atoms with Gasteiger partial charge in [-0.25, -0.2) is 0 Å². The molecule has 15 heavy (non-hydrogen) atoms. The molecule has 0 bridgehead atoms. The number of nitrogens with one attached hydrogen (secondary N) is 1. The lowest BCUT2D eigenvalue weighted by molar-refractivity contribution is -0.149. The molecule has 0 aliphatic carbocycles. The second kappa shape index (κ2) is 4.94. The molecule has 1 amide bonds. The van der Waals surface area contributed by atoms with Crippen LogP contribution < -0.4 is 5.32 Å². The van der Waals surface area contributed by atoms with Crippen molar-refractivity contribution in [1.82, 2.24) is 10.2 Å². The lowest BCUT2D eigenvalue weighted by Gasteiger charge is -2.39. The van der Waals surface area contributed by atoms with Crippen molar-refractivity contribution in [1.29, 1.82) is 0 Å². The minimum absolute atomic E-state index is 0.167. The molecule has 0 aromatic rings. The number of carbonyl (C=O) groups is 1. The van der Waals surface area contributed by atoms with Crippen molar-refractivity contribution >= 4 is 5.91 Å². The Kier molecular flexibility index (Phi) is 3.59. The van der Waals surface area contributed by atoms with Crippen LogP contribution in [0, 0.1) is 0 Å². The molecule has 0 aromatic heterocycles. The summed E-state index contributed by atoms with van der Waals surface area (Å²) in [4.78, 5) is 14.1. The molecule has 1 atom stereocenters. The predicted octanol–water partition coefficient (Wildman–Crippen LogP) is 0.376. The SMILES string of the molecule is CCN(C(=O)C1CCCCO1)C1CNC1. The predicted molar refractivity (Wildman–Crippen MR) is 57.6 cm³/mol. The van der Waals surface area contributed by atoms with Gasteiger partial charge in [-0.1, -0.05) is 0 Å². The second-order valence-corrected chi connectivity index (χ2v) is 4.29. The monoisotopic (exact) mass is 212 g/mol. The average Bonchev–Trinajstić information content (AvgIpc) is 2.23. The molecule has 4 heteroatoms. The standard InChI is InChI=1S/C11H20N2O2/c1-2-13(9-7-12-8-9)11(14)10-5-3-4-6-15-10/h9-10,12H,2-8H2,1H3. The van der Waals surface area contributed by atoms with E-state index < -0.39 is 0 Å². The Morgan fingerprint density at radius 2 is 2.27 bits per heavy atom. The van der Waals surface area contributed by atoms with Gasteiger partial charge >= 0.3 is 0 Å². The highest BCUT2D eigenvalue weighted by atomic mass is 16.5. The van der Waals surface area contributed by atoms with Crippen LogP contribution in [-0.4, -0.2) is 49.2 Å². The molecule has 4 nitrogen and oxygen atoms in total. The van der Waals surface area contributed by atoms with Gasteiger partial charge in [0, 0.05) is 26.2 Å². The summed E-state index contributed by atoms with van der Waals surface area (Å²) < 4.78 is 5.53. The van der Waals surface area contributed by atoms with Crippen LogP contribution in [0.2, 0.25) is 0 Å². The maximum Gasteiger partial charge on any atom is 0.252 e. The maximum absolute atomic E-state index is 12.1. The van der Waals surface area contributed by atoms with E-state index in [4.69, 9.17) is 4.74 Å². The van der Waals surface area contributed by atoms with Crippen molar-refractivity contribution in [2.24, 2.45) is 0 Å². The number of hydrogen-bond acceptors (Lipinski definition) is 3. The van der Waals surface area contributed by atoms with E-state index in [0.29, 0.717) is 6.04 Å². The molecule has 0 spiro atoms. The number of nitrogens with zero attached hydrogens (tertiary/aromatic N) is 1. The topological polar surface area (TPSA) is 41.6 Å². The zero-order chi connectivity index (χ0) is 10.7. The minimum Gasteiger partial charge on any atom is -0.368 e. The summed E-state index contributed by atoms with van der Waals surface area (Å²) in [5.41, 5.74) is 0. The van der Waals surface area contributed by atoms with Gasteiger partial charge in [0.05, 0.1) is 6.04 Å². The smallest absolute Gasteiger partial charge is 0.252 e. The Balaban J connectivity index is 1.90. The van der Waals surface area contributed by atoms with Gasteiger partial charge in [0.15, 0.2) is 0 Å². The molecular formula is C11H20N2O2. The van der Waals surface area contributed by atoms with E-state index in [9.17, 15) is 4.79 Å². The molecule has 0 aromatic carbocycles. The first-order chi connectivity index (χ1) is 7.33. The average molecular weight is 212 g/mol. The van der Waals surface area contributed by atoms with E-state index in [2.05, 4.69) is 5.32 Å². The molecule has 2 saturated heterocycles. The van der Waals surface area contributed by atoms with Crippen molar-refractivity contribution in [3.8, 4) is 0 Å². The third-order valence-corrected chi connectivity index (χ3v) is 3.28. The van der Waals surface area contributed by atoms with E-state index >= 15 is 0 Å². The third-order valence-electron chi connectivity index (χ3n) is 3.28. The van der Waals surface area contributed by atoms with Crippen molar-refractivity contribution in [2.75, 3.05) is 26.2 Å². The zero-order valence-corrected chi connectivity index (χ0v) is 9.37. The summed E-state index contributed by atoms with van der Waals surface area (Å²) in [7, 11) is 0. The van der Waals surface area contributed by atoms with Gasteiger partial charge in [0.2, 0.25) is 0 Å². The maximum atomic E-state index is 12.1. The van der Waals surface area contributed by atoms with Crippen LogP contribution in [0.5, 0.6) is 0 Å². The summed E-state index contributed by atoms with van der Waals surface area (Å²) >= 11 is 0. The number of rotatable bonds is 3. The van der Waals surface area contributed by atoms with Gasteiger partial charge in [-0.15, -0.1) is 0 Å². The van der Waals surface area contributed by atoms with Gasteiger partial charge in [-0.05, 0) is 26.2 Å². The molecule has 1 N–H and O–H groups in total. The van der Waals surface area contributed by atoms with Crippen LogP contribution in [0.3, 0.4) is 0 Å². The Morgan fingerprint density at radius 1 is 1.47 bits per heavy atom. The fraction of sp³-hybridized carbons (Fsp3) is 0.909. The molecule has 1 unspecified atom stereocenters. The fourth-order valence-electron chi connectivity index (χ4n) is 2.21. The number of ether oxygens (including phenoxy) is 1. The van der Waals surface area contributed by atoms with E-state index in [0.717, 1.165) is 45.5 Å². The molecule has 0 radical (unpaired) electrons. The number of hydrogen-bond donors (Lipinski definition) is 1. The number of carbonyl (C=O) groups excluding carboxylic acids is 1. The third kappa shape index (κ3) is 2.32. The van der Waals surface area contributed by atoms with Crippen molar-refractivity contribution < 1.29 is 9.53 Å². The minimum atomic E-state index is -0.167. The Morgan fingerprint density at radius 3 is 2.73 bits per heavy atom. The van der Waals surface area contributed by atoms with Crippen molar-refractivity contribution in [3.63, 3.8) is 0 Å². The molecular weight excluding hydrogens is 192 g/mol. The Hall–Kier alpha value is -0.610. The molecule has 2 heterocycles. The van der Waals surface area contributed by atoms with Crippen LogP contribution in [0.15, 0.2) is 0 Å². The van der Waals surface area contributed by atoms with Crippen molar-refractivity contribution in [3.05, 3.63) is 0 Å². The first-order valence-corrected chi connectivity index (χ1v) is 5.95. The zero-order valence-electron chi connectivity index (χ0n) is 9.37. The van der Waals surface area contributed by atoms with E-state index in [-0.39, 0.29) is 12.0 Å². The molecule has 2 rings (SSSR count). The highest BCUT2D eigenvalue weighted by molar-refractivity contribution is 5.81. The molecule has 2 aliphatic heterocycles. The van der Waals surface area contributed by atoms with Crippen LogP contribution in [0.4, 0.5) is 0 Å². The largest absolute Gasteiger partial charge is 0.368 e. The van der Waals surface area contributed by atoms with Crippen LogP contribution >= 0.6 is 0 Å². The van der Waals surface area contributed by atoms with Crippen LogP contribution in [0.25, 0.3) is 0 Å². The Bertz CT molecular complexity index is 223. The van der Waals surface area contributed by atoms with Gasteiger partial charge < -0.3 is 15.0 Å². The lowest BCUT2D eigenvalue weighted by atomic mass is 10.1. The van der Waals surface area contributed by atoms with Crippen LogP contribution in [-0.2, 0) is 9.53 Å². The fourth-order valence-corrected chi connectivity index (χ4v) is 2.21. The second-order valence-electron chi connectivity index (χ2n) is 4.29. The van der Waals surface area contributed by atoms with E-state index in [1.54, 1.807) is 0 Å². The molecule has 0 saturated carbocycles.